The van der Waals surface area contributed by atoms with Gasteiger partial charge in [0.05, 0.1) is 17.6 Å². The van der Waals surface area contributed by atoms with Crippen LogP contribution in [-0.4, -0.2) is 9.97 Å². The highest BCUT2D eigenvalue weighted by atomic mass is 35.5. The molecule has 0 aliphatic rings. The van der Waals surface area contributed by atoms with Gasteiger partial charge in [-0.15, -0.1) is 0 Å². The number of nitrogens with one attached hydrogen (secondary N) is 1. The highest BCUT2D eigenvalue weighted by Gasteiger charge is 2.08. The fraction of sp³-hybridized carbons (Fsp3) is 0. The SMILES string of the molecule is NC(=S)c1ccncc1Nc1ccc(Cl)cc1F. The smallest absolute Gasteiger partial charge is 0.148 e. The van der Waals surface area contributed by atoms with E-state index in [1.165, 1.54) is 18.3 Å². The van der Waals surface area contributed by atoms with E-state index in [2.05, 4.69) is 10.3 Å². The van der Waals surface area contributed by atoms with Crippen LogP contribution in [0.1, 0.15) is 5.56 Å². The Balaban J connectivity index is 2.37. The lowest BCUT2D eigenvalue weighted by atomic mass is 10.2. The second-order valence-corrected chi connectivity index (χ2v) is 4.41. The number of nitrogens with zero attached hydrogens (tertiary/aromatic N) is 1. The van der Waals surface area contributed by atoms with Gasteiger partial charge in [0.15, 0.2) is 0 Å². The molecule has 1 aromatic heterocycles. The van der Waals surface area contributed by atoms with E-state index in [1.54, 1.807) is 18.3 Å². The van der Waals surface area contributed by atoms with E-state index in [-0.39, 0.29) is 10.7 Å². The molecule has 0 saturated carbocycles. The zero-order valence-electron chi connectivity index (χ0n) is 9.15. The first-order chi connectivity index (χ1) is 8.58. The molecule has 2 aromatic rings. The van der Waals surface area contributed by atoms with E-state index in [1.807, 2.05) is 0 Å². The molecule has 0 aliphatic heterocycles. The van der Waals surface area contributed by atoms with Crippen molar-refractivity contribution in [3.63, 3.8) is 0 Å². The lowest BCUT2D eigenvalue weighted by Gasteiger charge is -2.11. The summed E-state index contributed by atoms with van der Waals surface area (Å²) in [6.45, 7) is 0. The first kappa shape index (κ1) is 12.7. The minimum atomic E-state index is -0.458. The maximum atomic E-state index is 13.6. The number of pyridine rings is 1. The van der Waals surface area contributed by atoms with Crippen LogP contribution in [0.4, 0.5) is 15.8 Å². The standard InChI is InChI=1S/C12H9ClFN3S/c13-7-1-2-10(9(14)5-7)17-11-6-16-4-3-8(11)12(15)18/h1-6,17H,(H2,15,18). The second kappa shape index (κ2) is 5.29. The minimum absolute atomic E-state index is 0.217. The van der Waals surface area contributed by atoms with Gasteiger partial charge in [0.2, 0.25) is 0 Å². The number of anilines is 2. The molecule has 0 saturated heterocycles. The number of hydrogen-bond donors (Lipinski definition) is 2. The predicted octanol–water partition coefficient (Wildman–Crippen LogP) is 3.25. The molecule has 1 aromatic carbocycles. The predicted molar refractivity (Wildman–Crippen MR) is 74.8 cm³/mol. The molecule has 6 heteroatoms. The number of halogens is 2. The Kier molecular flexibility index (Phi) is 3.74. The van der Waals surface area contributed by atoms with Crippen LogP contribution in [0.2, 0.25) is 5.02 Å². The largest absolute Gasteiger partial charge is 0.389 e. The third kappa shape index (κ3) is 2.75. The van der Waals surface area contributed by atoms with Crippen molar-refractivity contribution in [3.8, 4) is 0 Å². The summed E-state index contributed by atoms with van der Waals surface area (Å²) in [6.07, 6.45) is 3.10. The van der Waals surface area contributed by atoms with Crippen molar-refractivity contribution >= 4 is 40.2 Å². The summed E-state index contributed by atoms with van der Waals surface area (Å²) in [6, 6.07) is 6.01. The van der Waals surface area contributed by atoms with Gasteiger partial charge in [-0.2, -0.15) is 0 Å². The van der Waals surface area contributed by atoms with E-state index in [0.29, 0.717) is 16.3 Å². The number of hydrogen-bond acceptors (Lipinski definition) is 3. The van der Waals surface area contributed by atoms with Crippen molar-refractivity contribution in [1.29, 1.82) is 0 Å². The van der Waals surface area contributed by atoms with Gasteiger partial charge in [0.25, 0.3) is 0 Å². The average Bonchev–Trinajstić information content (AvgIpc) is 2.33. The molecule has 0 amide bonds. The van der Waals surface area contributed by atoms with Crippen LogP contribution in [0.5, 0.6) is 0 Å². The summed E-state index contributed by atoms with van der Waals surface area (Å²) in [5, 5.41) is 3.22. The lowest BCUT2D eigenvalue weighted by Crippen LogP contribution is -2.12. The van der Waals surface area contributed by atoms with E-state index < -0.39 is 5.82 Å². The van der Waals surface area contributed by atoms with Crippen LogP contribution in [0.25, 0.3) is 0 Å². The highest BCUT2D eigenvalue weighted by Crippen LogP contribution is 2.24. The van der Waals surface area contributed by atoms with Crippen LogP contribution in [0.3, 0.4) is 0 Å². The minimum Gasteiger partial charge on any atom is -0.389 e. The van der Waals surface area contributed by atoms with Gasteiger partial charge in [-0.25, -0.2) is 4.39 Å². The summed E-state index contributed by atoms with van der Waals surface area (Å²) in [7, 11) is 0. The second-order valence-electron chi connectivity index (χ2n) is 3.53. The van der Waals surface area contributed by atoms with E-state index in [4.69, 9.17) is 29.6 Å². The number of nitrogens with two attached hydrogens (primary N) is 1. The van der Waals surface area contributed by atoms with Gasteiger partial charge in [-0.1, -0.05) is 23.8 Å². The molecule has 18 heavy (non-hydrogen) atoms. The molecule has 92 valence electrons. The Morgan fingerprint density at radius 1 is 1.33 bits per heavy atom. The molecule has 3 N–H and O–H groups in total. The van der Waals surface area contributed by atoms with E-state index in [9.17, 15) is 4.39 Å². The number of rotatable bonds is 3. The molecule has 0 bridgehead atoms. The third-order valence-electron chi connectivity index (χ3n) is 2.29. The molecular formula is C12H9ClFN3S. The van der Waals surface area contributed by atoms with Crippen LogP contribution >= 0.6 is 23.8 Å². The average molecular weight is 282 g/mol. The molecule has 0 spiro atoms. The molecule has 0 radical (unpaired) electrons. The summed E-state index contributed by atoms with van der Waals surface area (Å²) in [4.78, 5) is 4.16. The number of thiocarbonyl (C=S) groups is 1. The van der Waals surface area contributed by atoms with Gasteiger partial charge in [-0.3, -0.25) is 4.98 Å². The Bertz CT molecular complexity index is 604. The fourth-order valence-corrected chi connectivity index (χ4v) is 1.78. The maximum absolute atomic E-state index is 13.6. The van der Waals surface area contributed by atoms with Crippen molar-refractivity contribution in [2.24, 2.45) is 5.73 Å². The number of aromatic nitrogens is 1. The lowest BCUT2D eigenvalue weighted by molar-refractivity contribution is 0.632. The molecule has 0 aliphatic carbocycles. The fourth-order valence-electron chi connectivity index (χ4n) is 1.44. The molecule has 0 atom stereocenters. The van der Waals surface area contributed by atoms with Crippen molar-refractivity contribution in [2.45, 2.75) is 0 Å². The van der Waals surface area contributed by atoms with Crippen LogP contribution in [-0.2, 0) is 0 Å². The zero-order valence-corrected chi connectivity index (χ0v) is 10.7. The molecule has 0 fully saturated rings. The van der Waals surface area contributed by atoms with Crippen LogP contribution in [0, 0.1) is 5.82 Å². The molecule has 0 unspecified atom stereocenters. The molecule has 2 rings (SSSR count). The maximum Gasteiger partial charge on any atom is 0.148 e. The highest BCUT2D eigenvalue weighted by molar-refractivity contribution is 7.80. The zero-order chi connectivity index (χ0) is 13.1. The Morgan fingerprint density at radius 2 is 2.11 bits per heavy atom. The molecular weight excluding hydrogens is 273 g/mol. The van der Waals surface area contributed by atoms with E-state index >= 15 is 0 Å². The van der Waals surface area contributed by atoms with Crippen molar-refractivity contribution in [1.82, 2.24) is 4.98 Å². The first-order valence-electron chi connectivity index (χ1n) is 5.04. The van der Waals surface area contributed by atoms with Crippen LogP contribution in [0.15, 0.2) is 36.7 Å². The van der Waals surface area contributed by atoms with E-state index in [0.717, 1.165) is 0 Å². The Labute approximate surface area is 114 Å². The summed E-state index contributed by atoms with van der Waals surface area (Å²) in [5.74, 6) is -0.458. The van der Waals surface area contributed by atoms with Gasteiger partial charge in [-0.05, 0) is 24.3 Å². The monoisotopic (exact) mass is 281 g/mol. The van der Waals surface area contributed by atoms with Crippen molar-refractivity contribution in [3.05, 3.63) is 53.1 Å². The summed E-state index contributed by atoms with van der Waals surface area (Å²) >= 11 is 10.6. The number of benzene rings is 1. The van der Waals surface area contributed by atoms with Gasteiger partial charge in [0.1, 0.15) is 10.8 Å². The Hall–Kier alpha value is -1.72. The summed E-state index contributed by atoms with van der Waals surface area (Å²) < 4.78 is 13.6. The van der Waals surface area contributed by atoms with Crippen LogP contribution < -0.4 is 11.1 Å². The van der Waals surface area contributed by atoms with Gasteiger partial charge < -0.3 is 11.1 Å². The van der Waals surface area contributed by atoms with Crippen molar-refractivity contribution in [2.75, 3.05) is 5.32 Å². The normalized spacial score (nSPS) is 10.1. The van der Waals surface area contributed by atoms with Crippen molar-refractivity contribution < 1.29 is 4.39 Å². The van der Waals surface area contributed by atoms with Gasteiger partial charge in [0, 0.05) is 16.8 Å². The molecule has 3 nitrogen and oxygen atoms in total. The Morgan fingerprint density at radius 3 is 2.78 bits per heavy atom. The topological polar surface area (TPSA) is 50.9 Å². The summed E-state index contributed by atoms with van der Waals surface area (Å²) in [5.41, 5.74) is 7.01. The quantitative estimate of drug-likeness (QED) is 0.848. The third-order valence-corrected chi connectivity index (χ3v) is 2.74. The van der Waals surface area contributed by atoms with Gasteiger partial charge >= 0.3 is 0 Å². The first-order valence-corrected chi connectivity index (χ1v) is 5.82. The molecule has 1 heterocycles.